The van der Waals surface area contributed by atoms with E-state index in [9.17, 15) is 4.79 Å². The first-order chi connectivity index (χ1) is 12.6. The Balaban J connectivity index is 1.93. The third-order valence-corrected chi connectivity index (χ3v) is 4.81. The maximum absolute atomic E-state index is 13.1. The largest absolute Gasteiger partial charge is 0.347 e. The summed E-state index contributed by atoms with van der Waals surface area (Å²) in [6.07, 6.45) is 3.04. The van der Waals surface area contributed by atoms with E-state index in [1.165, 1.54) is 0 Å². The van der Waals surface area contributed by atoms with Crippen LogP contribution >= 0.6 is 0 Å². The van der Waals surface area contributed by atoms with Crippen LogP contribution in [0.3, 0.4) is 0 Å². The molecule has 0 bridgehead atoms. The minimum absolute atomic E-state index is 0.0455. The number of nitrogens with zero attached hydrogens (tertiary/aromatic N) is 2. The second-order valence-corrected chi connectivity index (χ2v) is 7.15. The van der Waals surface area contributed by atoms with E-state index in [2.05, 4.69) is 18.4 Å². The first-order valence-corrected chi connectivity index (χ1v) is 9.12. The van der Waals surface area contributed by atoms with Crippen LogP contribution in [0.4, 0.5) is 0 Å². The molecule has 2 aromatic carbocycles. The van der Waals surface area contributed by atoms with Gasteiger partial charge in [0.1, 0.15) is 0 Å². The molecule has 3 heteroatoms. The third-order valence-electron chi connectivity index (χ3n) is 4.81. The average molecular weight is 342 g/mol. The predicted molar refractivity (Wildman–Crippen MR) is 108 cm³/mol. The number of benzene rings is 2. The van der Waals surface area contributed by atoms with Crippen LogP contribution < -0.4 is 5.43 Å². The molecule has 2 aromatic heterocycles. The zero-order chi connectivity index (χ0) is 18.1. The monoisotopic (exact) mass is 342 g/mol. The van der Waals surface area contributed by atoms with E-state index in [0.717, 1.165) is 40.5 Å². The fraction of sp³-hybridized carbons (Fsp3) is 0.217. The van der Waals surface area contributed by atoms with E-state index in [1.54, 1.807) is 0 Å². The van der Waals surface area contributed by atoms with E-state index in [0.29, 0.717) is 11.5 Å². The second kappa shape index (κ2) is 6.75. The van der Waals surface area contributed by atoms with Crippen LogP contribution in [-0.2, 0) is 6.54 Å². The molecule has 0 radical (unpaired) electrons. The van der Waals surface area contributed by atoms with Crippen molar-refractivity contribution < 1.29 is 0 Å². The summed E-state index contributed by atoms with van der Waals surface area (Å²) >= 11 is 0. The number of hydrogen-bond acceptors (Lipinski definition) is 2. The van der Waals surface area contributed by atoms with Gasteiger partial charge >= 0.3 is 0 Å². The summed E-state index contributed by atoms with van der Waals surface area (Å²) < 4.78 is 2.20. The molecular formula is C23H22N2O. The Morgan fingerprint density at radius 1 is 0.962 bits per heavy atom. The van der Waals surface area contributed by atoms with Crippen LogP contribution in [0.1, 0.15) is 20.3 Å². The van der Waals surface area contributed by atoms with Gasteiger partial charge < -0.3 is 4.57 Å². The third kappa shape index (κ3) is 3.01. The molecule has 0 N–H and O–H groups in total. The standard InChI is InChI=1S/C23H22N2O/c1-16(2)13-14-25-15-19(23(26)18-8-4-6-10-22(18)25)21-12-11-17-7-3-5-9-20(17)24-21/h3-12,15-16H,13-14H2,1-2H3. The highest BCUT2D eigenvalue weighted by molar-refractivity contribution is 5.85. The van der Waals surface area contributed by atoms with Gasteiger partial charge in [0, 0.05) is 23.5 Å². The summed E-state index contributed by atoms with van der Waals surface area (Å²) in [7, 11) is 0. The summed E-state index contributed by atoms with van der Waals surface area (Å²) in [5, 5.41) is 1.83. The number of aromatic nitrogens is 2. The number of para-hydroxylation sites is 2. The lowest BCUT2D eigenvalue weighted by Crippen LogP contribution is -2.13. The van der Waals surface area contributed by atoms with Gasteiger partial charge in [0.2, 0.25) is 0 Å². The van der Waals surface area contributed by atoms with Gasteiger partial charge in [-0.1, -0.05) is 50.2 Å². The highest BCUT2D eigenvalue weighted by atomic mass is 16.1. The van der Waals surface area contributed by atoms with Gasteiger partial charge in [0.15, 0.2) is 5.43 Å². The average Bonchev–Trinajstić information content (AvgIpc) is 2.67. The highest BCUT2D eigenvalue weighted by Crippen LogP contribution is 2.22. The number of hydrogen-bond donors (Lipinski definition) is 0. The molecule has 0 aliphatic carbocycles. The molecule has 0 aliphatic rings. The van der Waals surface area contributed by atoms with Gasteiger partial charge in [-0.25, -0.2) is 4.98 Å². The van der Waals surface area contributed by atoms with Gasteiger partial charge in [-0.05, 0) is 36.6 Å². The Labute approximate surface area is 152 Å². The molecule has 2 heterocycles. The SMILES string of the molecule is CC(C)CCn1cc(-c2ccc3ccccc3n2)c(=O)c2ccccc21. The van der Waals surface area contributed by atoms with Crippen molar-refractivity contribution in [1.82, 2.24) is 9.55 Å². The molecule has 4 rings (SSSR count). The van der Waals surface area contributed by atoms with Crippen molar-refractivity contribution >= 4 is 21.8 Å². The highest BCUT2D eigenvalue weighted by Gasteiger charge is 2.12. The van der Waals surface area contributed by atoms with Crippen LogP contribution in [0.15, 0.2) is 71.7 Å². The molecule has 4 aromatic rings. The van der Waals surface area contributed by atoms with Gasteiger partial charge in [0.05, 0.1) is 22.3 Å². The van der Waals surface area contributed by atoms with Gasteiger partial charge in [-0.15, -0.1) is 0 Å². The summed E-state index contributed by atoms with van der Waals surface area (Å²) in [6, 6.07) is 19.8. The van der Waals surface area contributed by atoms with Crippen molar-refractivity contribution in [2.45, 2.75) is 26.8 Å². The summed E-state index contributed by atoms with van der Waals surface area (Å²) in [4.78, 5) is 17.8. The molecule has 0 atom stereocenters. The number of pyridine rings is 2. The van der Waals surface area contributed by atoms with Crippen molar-refractivity contribution in [2.75, 3.05) is 0 Å². The Kier molecular flexibility index (Phi) is 4.29. The molecule has 3 nitrogen and oxygen atoms in total. The van der Waals surface area contributed by atoms with Crippen LogP contribution in [-0.4, -0.2) is 9.55 Å². The summed E-state index contributed by atoms with van der Waals surface area (Å²) in [6.45, 7) is 5.33. The van der Waals surface area contributed by atoms with Crippen LogP contribution in [0.5, 0.6) is 0 Å². The predicted octanol–water partition coefficient (Wildman–Crippen LogP) is 5.26. The van der Waals surface area contributed by atoms with Gasteiger partial charge in [0.25, 0.3) is 0 Å². The second-order valence-electron chi connectivity index (χ2n) is 7.15. The molecule has 130 valence electrons. The summed E-state index contributed by atoms with van der Waals surface area (Å²) in [5.41, 5.74) is 3.34. The first-order valence-electron chi connectivity index (χ1n) is 9.12. The van der Waals surface area contributed by atoms with Crippen molar-refractivity contribution in [3.05, 3.63) is 77.1 Å². The number of rotatable bonds is 4. The number of fused-ring (bicyclic) bond motifs is 2. The van der Waals surface area contributed by atoms with Crippen molar-refractivity contribution in [3.63, 3.8) is 0 Å². The van der Waals surface area contributed by atoms with Crippen molar-refractivity contribution in [2.24, 2.45) is 5.92 Å². The minimum Gasteiger partial charge on any atom is -0.347 e. The van der Waals surface area contributed by atoms with Crippen molar-refractivity contribution in [1.29, 1.82) is 0 Å². The molecule has 26 heavy (non-hydrogen) atoms. The molecule has 0 fully saturated rings. The molecule has 0 amide bonds. The van der Waals surface area contributed by atoms with E-state index < -0.39 is 0 Å². The maximum atomic E-state index is 13.1. The van der Waals surface area contributed by atoms with Crippen LogP contribution in [0, 0.1) is 5.92 Å². The zero-order valence-corrected chi connectivity index (χ0v) is 15.1. The lowest BCUT2D eigenvalue weighted by Gasteiger charge is -2.14. The molecule has 0 saturated heterocycles. The Hall–Kier alpha value is -2.94. The minimum atomic E-state index is 0.0455. The molecule has 0 spiro atoms. The smallest absolute Gasteiger partial charge is 0.198 e. The quantitative estimate of drug-likeness (QED) is 0.507. The van der Waals surface area contributed by atoms with Gasteiger partial charge in [-0.2, -0.15) is 0 Å². The van der Waals surface area contributed by atoms with Gasteiger partial charge in [-0.3, -0.25) is 4.79 Å². The van der Waals surface area contributed by atoms with Crippen molar-refractivity contribution in [3.8, 4) is 11.3 Å². The lowest BCUT2D eigenvalue weighted by atomic mass is 10.1. The Morgan fingerprint density at radius 3 is 2.58 bits per heavy atom. The Morgan fingerprint density at radius 2 is 1.73 bits per heavy atom. The lowest BCUT2D eigenvalue weighted by molar-refractivity contribution is 0.523. The molecular weight excluding hydrogens is 320 g/mol. The van der Waals surface area contributed by atoms with Crippen LogP contribution in [0.2, 0.25) is 0 Å². The van der Waals surface area contributed by atoms with E-state index in [4.69, 9.17) is 4.98 Å². The normalized spacial score (nSPS) is 11.5. The number of aryl methyl sites for hydroxylation is 1. The zero-order valence-electron chi connectivity index (χ0n) is 15.1. The Bertz CT molecular complexity index is 1140. The molecule has 0 saturated carbocycles. The summed E-state index contributed by atoms with van der Waals surface area (Å²) in [5.74, 6) is 0.607. The molecule has 0 aliphatic heterocycles. The topological polar surface area (TPSA) is 34.9 Å². The fourth-order valence-corrected chi connectivity index (χ4v) is 3.33. The first kappa shape index (κ1) is 16.5. The fourth-order valence-electron chi connectivity index (χ4n) is 3.33. The van der Waals surface area contributed by atoms with E-state index in [1.807, 2.05) is 66.9 Å². The van der Waals surface area contributed by atoms with E-state index >= 15 is 0 Å². The molecule has 0 unspecified atom stereocenters. The van der Waals surface area contributed by atoms with Crippen LogP contribution in [0.25, 0.3) is 33.1 Å². The van der Waals surface area contributed by atoms with E-state index in [-0.39, 0.29) is 5.43 Å². The maximum Gasteiger partial charge on any atom is 0.198 e.